The van der Waals surface area contributed by atoms with Gasteiger partial charge in [-0.05, 0) is 42.0 Å². The fraction of sp³-hybridized carbons (Fsp3) is 0.261. The molecule has 0 saturated heterocycles. The number of hydrogen-bond donors (Lipinski definition) is 1. The Morgan fingerprint density at radius 2 is 1.86 bits per heavy atom. The molecule has 1 atom stereocenters. The Balaban J connectivity index is 1.90. The number of hydrogen-bond acceptors (Lipinski definition) is 5. The number of carbonyl (C=O) groups excluding carboxylic acids is 1. The summed E-state index contributed by atoms with van der Waals surface area (Å²) < 4.78 is 5.36. The van der Waals surface area contributed by atoms with Gasteiger partial charge in [-0.3, -0.25) is 9.78 Å². The Hall–Kier alpha value is -2.86. The third-order valence-corrected chi connectivity index (χ3v) is 5.14. The molecule has 3 aromatic rings. The number of nitrogens with one attached hydrogen (secondary N) is 1. The van der Waals surface area contributed by atoms with Gasteiger partial charge >= 0.3 is 0 Å². The van der Waals surface area contributed by atoms with E-state index in [1.807, 2.05) is 48.5 Å². The molecule has 29 heavy (non-hydrogen) atoms. The van der Waals surface area contributed by atoms with E-state index in [4.69, 9.17) is 4.74 Å². The monoisotopic (exact) mass is 407 g/mol. The maximum Gasteiger partial charge on any atom is 0.252 e. The zero-order valence-electron chi connectivity index (χ0n) is 17.0. The lowest BCUT2D eigenvalue weighted by Gasteiger charge is -2.20. The summed E-state index contributed by atoms with van der Waals surface area (Å²) in [6.07, 6.45) is 3.39. The van der Waals surface area contributed by atoms with Crippen LogP contribution in [0.3, 0.4) is 0 Å². The van der Waals surface area contributed by atoms with Gasteiger partial charge in [-0.2, -0.15) is 0 Å². The van der Waals surface area contributed by atoms with Crippen molar-refractivity contribution in [3.05, 3.63) is 83.8 Å². The minimum absolute atomic E-state index is 0.0131. The number of rotatable bonds is 6. The minimum Gasteiger partial charge on any atom is -0.497 e. The van der Waals surface area contributed by atoms with Crippen LogP contribution in [0.5, 0.6) is 5.75 Å². The van der Waals surface area contributed by atoms with E-state index in [0.29, 0.717) is 5.56 Å². The Morgan fingerprint density at radius 3 is 2.55 bits per heavy atom. The molecule has 2 aromatic heterocycles. The predicted octanol–water partition coefficient (Wildman–Crippen LogP) is 4.90. The average Bonchev–Trinajstić information content (AvgIpc) is 2.71. The van der Waals surface area contributed by atoms with Gasteiger partial charge in [0.05, 0.1) is 23.9 Å². The number of thioether (sulfide) groups is 1. The Kier molecular flexibility index (Phi) is 6.54. The fourth-order valence-corrected chi connectivity index (χ4v) is 3.76. The van der Waals surface area contributed by atoms with Crippen molar-refractivity contribution >= 4 is 17.7 Å². The Labute approximate surface area is 175 Å². The summed E-state index contributed by atoms with van der Waals surface area (Å²) in [6, 6.07) is 16.5. The lowest BCUT2D eigenvalue weighted by atomic mass is 10.0. The molecule has 0 aliphatic heterocycles. The molecular formula is C23H25N3O2S. The van der Waals surface area contributed by atoms with E-state index >= 15 is 0 Å². The summed E-state index contributed by atoms with van der Waals surface area (Å²) >= 11 is 1.63. The molecule has 0 fully saturated rings. The van der Waals surface area contributed by atoms with E-state index in [9.17, 15) is 4.79 Å². The van der Waals surface area contributed by atoms with Crippen molar-refractivity contribution in [3.63, 3.8) is 0 Å². The van der Waals surface area contributed by atoms with Crippen LogP contribution in [0, 0.1) is 0 Å². The first-order valence-electron chi connectivity index (χ1n) is 9.36. The van der Waals surface area contributed by atoms with Gasteiger partial charge < -0.3 is 10.1 Å². The van der Waals surface area contributed by atoms with Gasteiger partial charge in [-0.1, -0.05) is 39.0 Å². The molecule has 0 unspecified atom stereocenters. The summed E-state index contributed by atoms with van der Waals surface area (Å²) in [6.45, 7) is 6.35. The number of pyridine rings is 2. The molecule has 2 heterocycles. The standard InChI is InChI=1S/C23H25N3O2S/c1-23(2,3)29-20-15-17(11-13-25-20)22(27)26-21(19-10-5-6-12-24-19)16-8-7-9-18(14-16)28-4/h5-15,21H,1-4H3,(H,26,27)/t21-/m0/s1. The van der Waals surface area contributed by atoms with Gasteiger partial charge in [0.2, 0.25) is 0 Å². The first-order valence-corrected chi connectivity index (χ1v) is 10.2. The maximum atomic E-state index is 13.1. The fourth-order valence-electron chi connectivity index (χ4n) is 2.83. The van der Waals surface area contributed by atoms with E-state index in [-0.39, 0.29) is 10.7 Å². The van der Waals surface area contributed by atoms with Crippen molar-refractivity contribution in [2.75, 3.05) is 7.11 Å². The molecule has 0 spiro atoms. The maximum absolute atomic E-state index is 13.1. The zero-order valence-corrected chi connectivity index (χ0v) is 17.9. The molecule has 1 N–H and O–H groups in total. The normalized spacial score (nSPS) is 12.3. The second-order valence-corrected chi connectivity index (χ2v) is 9.38. The molecule has 1 aromatic carbocycles. The summed E-state index contributed by atoms with van der Waals surface area (Å²) in [5.74, 6) is 0.548. The molecule has 0 aliphatic rings. The third kappa shape index (κ3) is 5.81. The van der Waals surface area contributed by atoms with Crippen molar-refractivity contribution < 1.29 is 9.53 Å². The van der Waals surface area contributed by atoms with Crippen molar-refractivity contribution in [1.82, 2.24) is 15.3 Å². The molecule has 6 heteroatoms. The van der Waals surface area contributed by atoms with E-state index in [1.54, 1.807) is 37.3 Å². The largest absolute Gasteiger partial charge is 0.497 e. The van der Waals surface area contributed by atoms with Gasteiger partial charge in [0, 0.05) is 22.7 Å². The highest BCUT2D eigenvalue weighted by Gasteiger charge is 2.21. The van der Waals surface area contributed by atoms with Gasteiger partial charge in [0.15, 0.2) is 0 Å². The number of benzene rings is 1. The van der Waals surface area contributed by atoms with Crippen LogP contribution in [0.2, 0.25) is 0 Å². The van der Waals surface area contributed by atoms with Crippen LogP contribution in [0.15, 0.2) is 72.0 Å². The van der Waals surface area contributed by atoms with Crippen LogP contribution >= 0.6 is 11.8 Å². The number of methoxy groups -OCH3 is 1. The predicted molar refractivity (Wildman–Crippen MR) is 116 cm³/mol. The Morgan fingerprint density at radius 1 is 1.03 bits per heavy atom. The average molecular weight is 408 g/mol. The number of amides is 1. The molecule has 0 saturated carbocycles. The van der Waals surface area contributed by atoms with Crippen molar-refractivity contribution in [2.24, 2.45) is 0 Å². The van der Waals surface area contributed by atoms with Crippen LogP contribution in [-0.4, -0.2) is 27.7 Å². The van der Waals surface area contributed by atoms with Gasteiger partial charge in [-0.15, -0.1) is 11.8 Å². The number of ether oxygens (including phenoxy) is 1. The molecule has 0 bridgehead atoms. The third-order valence-electron chi connectivity index (χ3n) is 4.09. The van der Waals surface area contributed by atoms with Crippen LogP contribution in [0.1, 0.15) is 48.4 Å². The second kappa shape index (κ2) is 9.09. The highest BCUT2D eigenvalue weighted by molar-refractivity contribution is 8.00. The molecule has 3 rings (SSSR count). The SMILES string of the molecule is COc1cccc([C@H](NC(=O)c2ccnc(SC(C)(C)C)c2)c2ccccn2)c1. The molecule has 150 valence electrons. The molecule has 5 nitrogen and oxygen atoms in total. The van der Waals surface area contributed by atoms with Crippen LogP contribution in [0.4, 0.5) is 0 Å². The zero-order chi connectivity index (χ0) is 20.9. The molecular weight excluding hydrogens is 382 g/mol. The summed E-state index contributed by atoms with van der Waals surface area (Å²) in [7, 11) is 1.62. The molecule has 0 radical (unpaired) electrons. The summed E-state index contributed by atoms with van der Waals surface area (Å²) in [5, 5.41) is 3.93. The van der Waals surface area contributed by atoms with E-state index in [2.05, 4.69) is 36.1 Å². The van der Waals surface area contributed by atoms with E-state index < -0.39 is 6.04 Å². The van der Waals surface area contributed by atoms with Crippen molar-refractivity contribution in [3.8, 4) is 5.75 Å². The number of aromatic nitrogens is 2. The number of nitrogens with zero attached hydrogens (tertiary/aromatic N) is 2. The van der Waals surface area contributed by atoms with Crippen LogP contribution in [0.25, 0.3) is 0 Å². The number of carbonyl (C=O) groups is 1. The minimum atomic E-state index is -0.398. The quantitative estimate of drug-likeness (QED) is 0.589. The first-order chi connectivity index (χ1) is 13.9. The van der Waals surface area contributed by atoms with Crippen molar-refractivity contribution in [2.45, 2.75) is 36.6 Å². The summed E-state index contributed by atoms with van der Waals surface area (Å²) in [4.78, 5) is 21.9. The first kappa shape index (κ1) is 20.9. The molecule has 1 amide bonds. The second-order valence-electron chi connectivity index (χ2n) is 7.53. The van der Waals surface area contributed by atoms with Gasteiger partial charge in [0.25, 0.3) is 5.91 Å². The van der Waals surface area contributed by atoms with Crippen LogP contribution < -0.4 is 10.1 Å². The lowest BCUT2D eigenvalue weighted by Crippen LogP contribution is -2.30. The smallest absolute Gasteiger partial charge is 0.252 e. The Bertz CT molecular complexity index is 971. The van der Waals surface area contributed by atoms with E-state index in [0.717, 1.165) is 22.0 Å². The van der Waals surface area contributed by atoms with Gasteiger partial charge in [-0.25, -0.2) is 4.98 Å². The van der Waals surface area contributed by atoms with Crippen LogP contribution in [-0.2, 0) is 0 Å². The molecule has 0 aliphatic carbocycles. The van der Waals surface area contributed by atoms with Gasteiger partial charge in [0.1, 0.15) is 5.75 Å². The van der Waals surface area contributed by atoms with Crippen molar-refractivity contribution in [1.29, 1.82) is 0 Å². The lowest BCUT2D eigenvalue weighted by molar-refractivity contribution is 0.0942. The highest BCUT2D eigenvalue weighted by atomic mass is 32.2. The topological polar surface area (TPSA) is 64.1 Å². The highest BCUT2D eigenvalue weighted by Crippen LogP contribution is 2.31. The summed E-state index contributed by atoms with van der Waals surface area (Å²) in [5.41, 5.74) is 2.22. The van der Waals surface area contributed by atoms with E-state index in [1.165, 1.54) is 0 Å².